The Kier molecular flexibility index (Phi) is 4.46. The first kappa shape index (κ1) is 11.6. The van der Waals surface area contributed by atoms with Gasteiger partial charge in [-0.3, -0.25) is 0 Å². The van der Waals surface area contributed by atoms with E-state index in [0.717, 1.165) is 17.5 Å². The van der Waals surface area contributed by atoms with E-state index in [-0.39, 0.29) is 6.10 Å². The number of benzene rings is 1. The normalized spacial score (nSPS) is 12.6. The Hall–Kier alpha value is -0.500. The van der Waals surface area contributed by atoms with Crippen molar-refractivity contribution in [3.63, 3.8) is 0 Å². The zero-order valence-corrected chi connectivity index (χ0v) is 10.6. The minimum Gasteiger partial charge on any atom is -0.490 e. The first-order valence-electron chi connectivity index (χ1n) is 5.00. The van der Waals surface area contributed by atoms with E-state index >= 15 is 0 Å². The fraction of sp³-hybridized carbons (Fsp3) is 0.500. The summed E-state index contributed by atoms with van der Waals surface area (Å²) in [5.74, 6) is 1.04. The third-order valence-electron chi connectivity index (χ3n) is 2.33. The predicted molar refractivity (Wildman–Crippen MR) is 64.2 cm³/mol. The molecule has 1 unspecified atom stereocenters. The van der Waals surface area contributed by atoms with Crippen molar-refractivity contribution in [3.8, 4) is 5.75 Å². The lowest BCUT2D eigenvalue weighted by Crippen LogP contribution is -2.11. The van der Waals surface area contributed by atoms with Crippen LogP contribution in [0.2, 0.25) is 0 Å². The largest absolute Gasteiger partial charge is 0.490 e. The molecule has 1 rings (SSSR count). The lowest BCUT2D eigenvalue weighted by Gasteiger charge is -2.17. The van der Waals surface area contributed by atoms with Crippen molar-refractivity contribution in [2.45, 2.75) is 38.6 Å². The summed E-state index contributed by atoms with van der Waals surface area (Å²) in [6.45, 7) is 6.32. The van der Waals surface area contributed by atoms with Crippen LogP contribution in [0, 0.1) is 6.92 Å². The number of rotatable bonds is 4. The van der Waals surface area contributed by atoms with Crippen LogP contribution in [-0.4, -0.2) is 6.10 Å². The molecule has 1 aromatic rings. The molecule has 0 aliphatic rings. The molecule has 0 bridgehead atoms. The molecule has 0 amide bonds. The van der Waals surface area contributed by atoms with Crippen LogP contribution >= 0.6 is 15.9 Å². The van der Waals surface area contributed by atoms with E-state index in [0.29, 0.717) is 0 Å². The van der Waals surface area contributed by atoms with Crippen LogP contribution in [-0.2, 0) is 5.33 Å². The van der Waals surface area contributed by atoms with Gasteiger partial charge in [-0.1, -0.05) is 41.1 Å². The third-order valence-corrected chi connectivity index (χ3v) is 2.94. The Balaban J connectivity index is 2.92. The molecule has 1 atom stereocenters. The van der Waals surface area contributed by atoms with Crippen molar-refractivity contribution in [1.29, 1.82) is 0 Å². The van der Waals surface area contributed by atoms with E-state index < -0.39 is 0 Å². The lowest BCUT2D eigenvalue weighted by atomic mass is 10.1. The highest BCUT2D eigenvalue weighted by Crippen LogP contribution is 2.26. The highest BCUT2D eigenvalue weighted by Gasteiger charge is 2.08. The SMILES string of the molecule is CCC(C)Oc1c(C)cccc1CBr. The molecule has 2 heteroatoms. The molecule has 0 aliphatic carbocycles. The van der Waals surface area contributed by atoms with Gasteiger partial charge in [0.1, 0.15) is 5.75 Å². The van der Waals surface area contributed by atoms with Gasteiger partial charge in [-0.05, 0) is 25.8 Å². The summed E-state index contributed by atoms with van der Waals surface area (Å²) in [6, 6.07) is 6.25. The second-order valence-corrected chi connectivity index (χ2v) is 4.09. The van der Waals surface area contributed by atoms with Crippen LogP contribution in [0.4, 0.5) is 0 Å². The van der Waals surface area contributed by atoms with Crippen molar-refractivity contribution in [1.82, 2.24) is 0 Å². The molecule has 0 fully saturated rings. The standard InChI is InChI=1S/C12H17BrO/c1-4-10(3)14-12-9(2)6-5-7-11(12)8-13/h5-7,10H,4,8H2,1-3H3. The van der Waals surface area contributed by atoms with E-state index in [1.807, 2.05) is 0 Å². The zero-order valence-electron chi connectivity index (χ0n) is 9.01. The van der Waals surface area contributed by atoms with Crippen LogP contribution in [0.3, 0.4) is 0 Å². The molecule has 0 spiro atoms. The Morgan fingerprint density at radius 2 is 2.14 bits per heavy atom. The molecule has 1 aromatic carbocycles. The molecule has 0 heterocycles. The average Bonchev–Trinajstić information content (AvgIpc) is 2.20. The summed E-state index contributed by atoms with van der Waals surface area (Å²) in [6.07, 6.45) is 1.32. The number of halogens is 1. The van der Waals surface area contributed by atoms with E-state index in [4.69, 9.17) is 4.74 Å². The summed E-state index contributed by atoms with van der Waals surface area (Å²) in [5.41, 5.74) is 2.44. The van der Waals surface area contributed by atoms with Crippen molar-refractivity contribution >= 4 is 15.9 Å². The van der Waals surface area contributed by atoms with E-state index in [2.05, 4.69) is 54.9 Å². The molecule has 1 nitrogen and oxygen atoms in total. The lowest BCUT2D eigenvalue weighted by molar-refractivity contribution is 0.214. The molecule has 0 aliphatic heterocycles. The molecule has 78 valence electrons. The maximum absolute atomic E-state index is 5.89. The summed E-state index contributed by atoms with van der Waals surface area (Å²) in [5, 5.41) is 0.848. The van der Waals surface area contributed by atoms with E-state index in [1.54, 1.807) is 0 Å². The van der Waals surface area contributed by atoms with E-state index in [9.17, 15) is 0 Å². The second-order valence-electron chi connectivity index (χ2n) is 3.53. The molecule has 0 radical (unpaired) electrons. The Morgan fingerprint density at radius 3 is 2.71 bits per heavy atom. The number of hydrogen-bond acceptors (Lipinski definition) is 1. The summed E-state index contributed by atoms with van der Waals surface area (Å²) < 4.78 is 5.89. The Bertz CT molecular complexity index is 296. The minimum atomic E-state index is 0.286. The van der Waals surface area contributed by atoms with Crippen molar-refractivity contribution in [2.24, 2.45) is 0 Å². The summed E-state index contributed by atoms with van der Waals surface area (Å²) in [7, 11) is 0. The van der Waals surface area contributed by atoms with Gasteiger partial charge in [0, 0.05) is 10.9 Å². The molecule has 0 N–H and O–H groups in total. The number of ether oxygens (including phenoxy) is 1. The second kappa shape index (κ2) is 5.40. The number of aryl methyl sites for hydroxylation is 1. The van der Waals surface area contributed by atoms with Gasteiger partial charge in [0.05, 0.1) is 6.10 Å². The van der Waals surface area contributed by atoms with Crippen LogP contribution < -0.4 is 4.74 Å². The third kappa shape index (κ3) is 2.74. The number of hydrogen-bond donors (Lipinski definition) is 0. The Labute approximate surface area is 94.6 Å². The summed E-state index contributed by atoms with van der Waals surface area (Å²) >= 11 is 3.47. The number of para-hydroxylation sites is 1. The molecule has 0 saturated carbocycles. The highest BCUT2D eigenvalue weighted by atomic mass is 79.9. The topological polar surface area (TPSA) is 9.23 Å². The molecular formula is C12H17BrO. The molecule has 0 saturated heterocycles. The van der Waals surface area contributed by atoms with Crippen LogP contribution in [0.15, 0.2) is 18.2 Å². The van der Waals surface area contributed by atoms with Gasteiger partial charge in [0.2, 0.25) is 0 Å². The van der Waals surface area contributed by atoms with Crippen molar-refractivity contribution < 1.29 is 4.74 Å². The van der Waals surface area contributed by atoms with Gasteiger partial charge in [0.15, 0.2) is 0 Å². The van der Waals surface area contributed by atoms with Crippen LogP contribution in [0.5, 0.6) is 5.75 Å². The first-order chi connectivity index (χ1) is 6.69. The monoisotopic (exact) mass is 256 g/mol. The van der Waals surface area contributed by atoms with Crippen LogP contribution in [0.1, 0.15) is 31.4 Å². The maximum Gasteiger partial charge on any atom is 0.126 e. The quantitative estimate of drug-likeness (QED) is 0.739. The molecular weight excluding hydrogens is 240 g/mol. The van der Waals surface area contributed by atoms with Gasteiger partial charge in [0.25, 0.3) is 0 Å². The average molecular weight is 257 g/mol. The fourth-order valence-corrected chi connectivity index (χ4v) is 1.71. The van der Waals surface area contributed by atoms with Crippen molar-refractivity contribution in [3.05, 3.63) is 29.3 Å². The minimum absolute atomic E-state index is 0.286. The van der Waals surface area contributed by atoms with E-state index in [1.165, 1.54) is 11.1 Å². The maximum atomic E-state index is 5.89. The van der Waals surface area contributed by atoms with Gasteiger partial charge >= 0.3 is 0 Å². The van der Waals surface area contributed by atoms with Gasteiger partial charge in [-0.15, -0.1) is 0 Å². The Morgan fingerprint density at radius 1 is 1.43 bits per heavy atom. The fourth-order valence-electron chi connectivity index (χ4n) is 1.27. The molecule has 0 aromatic heterocycles. The molecule has 14 heavy (non-hydrogen) atoms. The zero-order chi connectivity index (χ0) is 10.6. The van der Waals surface area contributed by atoms with Gasteiger partial charge in [-0.25, -0.2) is 0 Å². The predicted octanol–water partition coefficient (Wildman–Crippen LogP) is 4.07. The highest BCUT2D eigenvalue weighted by molar-refractivity contribution is 9.08. The van der Waals surface area contributed by atoms with Crippen molar-refractivity contribution in [2.75, 3.05) is 0 Å². The summed E-state index contributed by atoms with van der Waals surface area (Å²) in [4.78, 5) is 0. The number of alkyl halides is 1. The smallest absolute Gasteiger partial charge is 0.126 e. The van der Waals surface area contributed by atoms with Crippen LogP contribution in [0.25, 0.3) is 0 Å². The van der Waals surface area contributed by atoms with Gasteiger partial charge in [-0.2, -0.15) is 0 Å². The van der Waals surface area contributed by atoms with Gasteiger partial charge < -0.3 is 4.74 Å². The first-order valence-corrected chi connectivity index (χ1v) is 6.12.